The summed E-state index contributed by atoms with van der Waals surface area (Å²) in [4.78, 5) is 27.2. The summed E-state index contributed by atoms with van der Waals surface area (Å²) < 4.78 is 0.614. The lowest BCUT2D eigenvalue weighted by atomic mass is 10.2. The second kappa shape index (κ2) is 6.36. The van der Waals surface area contributed by atoms with Crippen LogP contribution in [0.2, 0.25) is 4.34 Å². The van der Waals surface area contributed by atoms with Crippen LogP contribution >= 0.6 is 22.9 Å². The van der Waals surface area contributed by atoms with Gasteiger partial charge < -0.3 is 10.0 Å². The Hall–Kier alpha value is -1.11. The Morgan fingerprint density at radius 1 is 1.26 bits per heavy atom. The molecule has 1 aliphatic rings. The lowest BCUT2D eigenvalue weighted by Crippen LogP contribution is -2.48. The van der Waals surface area contributed by atoms with E-state index in [0.717, 1.165) is 13.1 Å². The Balaban J connectivity index is 1.83. The monoisotopic (exact) mass is 302 g/mol. The first-order chi connectivity index (χ1) is 9.06. The van der Waals surface area contributed by atoms with Gasteiger partial charge in [0.2, 0.25) is 0 Å². The zero-order chi connectivity index (χ0) is 13.8. The van der Waals surface area contributed by atoms with Gasteiger partial charge >= 0.3 is 5.97 Å². The predicted octanol–water partition coefficient (Wildman–Crippen LogP) is 1.63. The highest BCUT2D eigenvalue weighted by molar-refractivity contribution is 7.17. The van der Waals surface area contributed by atoms with Crippen molar-refractivity contribution in [1.82, 2.24) is 9.80 Å². The number of hydrogen-bond acceptors (Lipinski definition) is 4. The number of nitrogens with zero attached hydrogens (tertiary/aromatic N) is 2. The van der Waals surface area contributed by atoms with E-state index in [4.69, 9.17) is 16.7 Å². The largest absolute Gasteiger partial charge is 0.481 e. The molecule has 2 heterocycles. The van der Waals surface area contributed by atoms with Crippen LogP contribution in [0.4, 0.5) is 0 Å². The molecule has 19 heavy (non-hydrogen) atoms. The van der Waals surface area contributed by atoms with Gasteiger partial charge in [0.05, 0.1) is 15.6 Å². The third kappa shape index (κ3) is 3.92. The lowest BCUT2D eigenvalue weighted by Gasteiger charge is -2.34. The Morgan fingerprint density at radius 3 is 2.47 bits per heavy atom. The van der Waals surface area contributed by atoms with Crippen LogP contribution in [0, 0.1) is 0 Å². The minimum Gasteiger partial charge on any atom is -0.481 e. The molecule has 0 radical (unpaired) electrons. The molecule has 0 saturated carbocycles. The van der Waals surface area contributed by atoms with E-state index in [0.29, 0.717) is 28.8 Å². The van der Waals surface area contributed by atoms with E-state index in [2.05, 4.69) is 4.90 Å². The van der Waals surface area contributed by atoms with Gasteiger partial charge in [0.1, 0.15) is 0 Å². The number of carboxylic acids is 1. The zero-order valence-corrected chi connectivity index (χ0v) is 11.9. The van der Waals surface area contributed by atoms with Gasteiger partial charge in [0.25, 0.3) is 5.91 Å². The third-order valence-electron chi connectivity index (χ3n) is 3.09. The molecule has 0 atom stereocenters. The van der Waals surface area contributed by atoms with Crippen LogP contribution in [-0.4, -0.2) is 59.5 Å². The van der Waals surface area contributed by atoms with Gasteiger partial charge in [-0.05, 0) is 12.1 Å². The van der Waals surface area contributed by atoms with Crippen molar-refractivity contribution >= 4 is 34.8 Å². The smallest absolute Gasteiger partial charge is 0.304 e. The first-order valence-corrected chi connectivity index (χ1v) is 7.24. The molecule has 1 aromatic rings. The summed E-state index contributed by atoms with van der Waals surface area (Å²) in [5.41, 5.74) is 0. The van der Waals surface area contributed by atoms with Gasteiger partial charge in [-0.25, -0.2) is 0 Å². The van der Waals surface area contributed by atoms with Gasteiger partial charge in [-0.2, -0.15) is 0 Å². The first kappa shape index (κ1) is 14.3. The summed E-state index contributed by atoms with van der Waals surface area (Å²) in [5, 5.41) is 8.63. The minimum absolute atomic E-state index is 0.00906. The fourth-order valence-corrected chi connectivity index (χ4v) is 3.02. The van der Waals surface area contributed by atoms with E-state index in [1.807, 2.05) is 0 Å². The average molecular weight is 303 g/mol. The van der Waals surface area contributed by atoms with Crippen molar-refractivity contribution < 1.29 is 14.7 Å². The third-order valence-corrected chi connectivity index (χ3v) is 4.30. The number of aliphatic carboxylic acids is 1. The van der Waals surface area contributed by atoms with Gasteiger partial charge in [0.15, 0.2) is 0 Å². The highest BCUT2D eigenvalue weighted by atomic mass is 35.5. The molecule has 2 rings (SSSR count). The molecule has 0 aliphatic carbocycles. The molecule has 1 aromatic heterocycles. The maximum Gasteiger partial charge on any atom is 0.304 e. The second-order valence-corrected chi connectivity index (χ2v) is 6.10. The molecule has 5 nitrogen and oxygen atoms in total. The standard InChI is InChI=1S/C12H15ClN2O3S/c13-10-2-1-9(19-10)12(18)15-7-5-14(6-8-15)4-3-11(16)17/h1-2H,3-8H2,(H,16,17). The maximum absolute atomic E-state index is 12.2. The SMILES string of the molecule is O=C(O)CCN1CCN(C(=O)c2ccc(Cl)s2)CC1. The number of carbonyl (C=O) groups is 2. The topological polar surface area (TPSA) is 60.9 Å². The fourth-order valence-electron chi connectivity index (χ4n) is 2.01. The molecule has 0 spiro atoms. The van der Waals surface area contributed by atoms with Crippen LogP contribution < -0.4 is 0 Å². The van der Waals surface area contributed by atoms with Gasteiger partial charge in [-0.1, -0.05) is 11.6 Å². The van der Waals surface area contributed by atoms with Crippen LogP contribution in [0.25, 0.3) is 0 Å². The van der Waals surface area contributed by atoms with Crippen molar-refractivity contribution in [2.24, 2.45) is 0 Å². The molecule has 1 fully saturated rings. The van der Waals surface area contributed by atoms with Crippen LogP contribution in [0.3, 0.4) is 0 Å². The lowest BCUT2D eigenvalue weighted by molar-refractivity contribution is -0.137. The van der Waals surface area contributed by atoms with E-state index in [9.17, 15) is 9.59 Å². The van der Waals surface area contributed by atoms with Crippen LogP contribution in [0.5, 0.6) is 0 Å². The van der Waals surface area contributed by atoms with Crippen molar-refractivity contribution in [1.29, 1.82) is 0 Å². The Morgan fingerprint density at radius 2 is 1.95 bits per heavy atom. The van der Waals surface area contributed by atoms with Crippen molar-refractivity contribution in [3.8, 4) is 0 Å². The van der Waals surface area contributed by atoms with E-state index < -0.39 is 5.97 Å². The number of thiophene rings is 1. The molecule has 1 aliphatic heterocycles. The Labute approximate surface area is 120 Å². The molecular formula is C12H15ClN2O3S. The number of rotatable bonds is 4. The molecule has 7 heteroatoms. The number of hydrogen-bond donors (Lipinski definition) is 1. The molecule has 0 bridgehead atoms. The quantitative estimate of drug-likeness (QED) is 0.918. The number of piperazine rings is 1. The van der Waals surface area contributed by atoms with Crippen LogP contribution in [-0.2, 0) is 4.79 Å². The van der Waals surface area contributed by atoms with E-state index in [1.54, 1.807) is 17.0 Å². The summed E-state index contributed by atoms with van der Waals surface area (Å²) >= 11 is 7.11. The molecular weight excluding hydrogens is 288 g/mol. The van der Waals surface area contributed by atoms with Crippen LogP contribution in [0.1, 0.15) is 16.1 Å². The maximum atomic E-state index is 12.2. The molecule has 1 N–H and O–H groups in total. The van der Waals surface area contributed by atoms with Crippen molar-refractivity contribution in [3.05, 3.63) is 21.3 Å². The fraction of sp³-hybridized carbons (Fsp3) is 0.500. The Kier molecular flexibility index (Phi) is 4.79. The summed E-state index contributed by atoms with van der Waals surface area (Å²) in [6.07, 6.45) is 0.147. The number of carboxylic acid groups (broad SMARTS) is 1. The van der Waals surface area contributed by atoms with E-state index >= 15 is 0 Å². The summed E-state index contributed by atoms with van der Waals surface area (Å²) in [5.74, 6) is -0.776. The summed E-state index contributed by atoms with van der Waals surface area (Å²) in [7, 11) is 0. The Bertz CT molecular complexity index is 469. The summed E-state index contributed by atoms with van der Waals surface area (Å²) in [6, 6.07) is 3.47. The zero-order valence-electron chi connectivity index (χ0n) is 10.3. The van der Waals surface area contributed by atoms with Crippen molar-refractivity contribution in [2.75, 3.05) is 32.7 Å². The number of amides is 1. The van der Waals surface area contributed by atoms with Crippen molar-refractivity contribution in [2.45, 2.75) is 6.42 Å². The summed E-state index contributed by atoms with van der Waals surface area (Å²) in [6.45, 7) is 3.25. The predicted molar refractivity (Wildman–Crippen MR) is 73.9 cm³/mol. The average Bonchev–Trinajstić information content (AvgIpc) is 2.83. The molecule has 1 saturated heterocycles. The first-order valence-electron chi connectivity index (χ1n) is 6.05. The number of halogens is 1. The van der Waals surface area contributed by atoms with Crippen LogP contribution in [0.15, 0.2) is 12.1 Å². The number of carbonyl (C=O) groups excluding carboxylic acids is 1. The normalized spacial score (nSPS) is 16.6. The molecule has 104 valence electrons. The van der Waals surface area contributed by atoms with Crippen molar-refractivity contribution in [3.63, 3.8) is 0 Å². The van der Waals surface area contributed by atoms with Gasteiger partial charge in [-0.3, -0.25) is 14.5 Å². The highest BCUT2D eigenvalue weighted by Crippen LogP contribution is 2.23. The molecule has 1 amide bonds. The minimum atomic E-state index is -0.785. The highest BCUT2D eigenvalue weighted by Gasteiger charge is 2.23. The van der Waals surface area contributed by atoms with Gasteiger partial charge in [0, 0.05) is 32.7 Å². The van der Waals surface area contributed by atoms with Gasteiger partial charge in [-0.15, -0.1) is 11.3 Å². The molecule has 0 unspecified atom stereocenters. The van der Waals surface area contributed by atoms with E-state index in [-0.39, 0.29) is 12.3 Å². The second-order valence-electron chi connectivity index (χ2n) is 4.38. The molecule has 0 aromatic carbocycles. The van der Waals surface area contributed by atoms with E-state index in [1.165, 1.54) is 11.3 Å².